The van der Waals surface area contributed by atoms with Crippen molar-refractivity contribution in [2.75, 3.05) is 44.2 Å². The van der Waals surface area contributed by atoms with Gasteiger partial charge in [-0.05, 0) is 31.4 Å². The lowest BCUT2D eigenvalue weighted by atomic mass is 10.2. The molecule has 2 heterocycles. The fourth-order valence-corrected chi connectivity index (χ4v) is 5.69. The van der Waals surface area contributed by atoms with E-state index in [0.29, 0.717) is 11.8 Å². The minimum absolute atomic E-state index is 0.265. The van der Waals surface area contributed by atoms with Crippen molar-refractivity contribution in [2.45, 2.75) is 55.2 Å². The average Bonchev–Trinajstić information content (AvgIpc) is 3.12. The van der Waals surface area contributed by atoms with Gasteiger partial charge in [-0.3, -0.25) is 14.6 Å². The molecule has 3 aliphatic rings. The number of fused-ring (bicyclic) bond motifs is 1. The zero-order valence-corrected chi connectivity index (χ0v) is 16.7. The molecule has 0 bridgehead atoms. The Morgan fingerprint density at radius 2 is 1.77 bits per heavy atom. The highest BCUT2D eigenvalue weighted by Crippen LogP contribution is 2.37. The maximum absolute atomic E-state index is 13.1. The first-order chi connectivity index (χ1) is 12.7. The third kappa shape index (κ3) is 4.10. The number of hydrogen-bond donors (Lipinski definition) is 0. The molecule has 1 saturated heterocycles. The predicted molar refractivity (Wildman–Crippen MR) is 109 cm³/mol. The molecule has 1 saturated carbocycles. The van der Waals surface area contributed by atoms with Gasteiger partial charge in [0.1, 0.15) is 0 Å². The van der Waals surface area contributed by atoms with Gasteiger partial charge < -0.3 is 4.90 Å². The maximum Gasteiger partial charge on any atom is 0.241 e. The molecular weight excluding hydrogens is 342 g/mol. The van der Waals surface area contributed by atoms with E-state index in [9.17, 15) is 4.79 Å². The van der Waals surface area contributed by atoms with Crippen LogP contribution < -0.4 is 4.90 Å². The predicted octanol–water partition coefficient (Wildman–Crippen LogP) is 3.46. The number of carbonyl (C=O) groups excluding carboxylic acids is 1. The van der Waals surface area contributed by atoms with Crippen LogP contribution in [0.1, 0.15) is 39.0 Å². The Hall–Kier alpha value is -1.04. The minimum atomic E-state index is 0.265. The minimum Gasteiger partial charge on any atom is -0.310 e. The van der Waals surface area contributed by atoms with E-state index in [1.165, 1.54) is 30.6 Å². The van der Waals surface area contributed by atoms with Crippen LogP contribution in [0.25, 0.3) is 0 Å². The van der Waals surface area contributed by atoms with Crippen molar-refractivity contribution in [1.29, 1.82) is 0 Å². The van der Waals surface area contributed by atoms with Crippen molar-refractivity contribution in [2.24, 2.45) is 0 Å². The van der Waals surface area contributed by atoms with Crippen molar-refractivity contribution < 1.29 is 4.79 Å². The van der Waals surface area contributed by atoms with Crippen LogP contribution in [0.15, 0.2) is 29.2 Å². The van der Waals surface area contributed by atoms with Crippen LogP contribution in [0.3, 0.4) is 0 Å². The Labute approximate surface area is 161 Å². The van der Waals surface area contributed by atoms with Crippen LogP contribution in [0.2, 0.25) is 0 Å². The second kappa shape index (κ2) is 8.32. The first-order valence-corrected chi connectivity index (χ1v) is 11.1. The highest BCUT2D eigenvalue weighted by Gasteiger charge is 2.29. The van der Waals surface area contributed by atoms with Crippen LogP contribution in [0, 0.1) is 0 Å². The van der Waals surface area contributed by atoms with Crippen LogP contribution in [-0.2, 0) is 4.79 Å². The highest BCUT2D eigenvalue weighted by atomic mass is 32.2. The summed E-state index contributed by atoms with van der Waals surface area (Å²) in [5.41, 5.74) is 1.11. The molecule has 0 N–H and O–H groups in total. The molecule has 4 nitrogen and oxygen atoms in total. The summed E-state index contributed by atoms with van der Waals surface area (Å²) in [5, 5.41) is 0.559. The van der Waals surface area contributed by atoms with E-state index < -0.39 is 0 Å². The zero-order chi connectivity index (χ0) is 17.9. The normalized spacial score (nSPS) is 25.9. The average molecular weight is 374 g/mol. The van der Waals surface area contributed by atoms with Gasteiger partial charge in [0.2, 0.25) is 5.91 Å². The van der Waals surface area contributed by atoms with E-state index in [1.807, 2.05) is 16.7 Å². The monoisotopic (exact) mass is 373 g/mol. The molecule has 2 fully saturated rings. The van der Waals surface area contributed by atoms with Gasteiger partial charge in [0.25, 0.3) is 0 Å². The van der Waals surface area contributed by atoms with Crippen LogP contribution in [0.4, 0.5) is 5.69 Å². The molecule has 1 aromatic rings. The fourth-order valence-electron chi connectivity index (χ4n) is 4.58. The molecule has 142 valence electrons. The molecule has 1 atom stereocenters. The van der Waals surface area contributed by atoms with Crippen LogP contribution >= 0.6 is 11.8 Å². The summed E-state index contributed by atoms with van der Waals surface area (Å²) in [6, 6.07) is 9.20. The van der Waals surface area contributed by atoms with Gasteiger partial charge in [0, 0.05) is 48.9 Å². The van der Waals surface area contributed by atoms with Crippen molar-refractivity contribution >= 4 is 23.4 Å². The second-order valence-electron chi connectivity index (χ2n) is 7.98. The first-order valence-electron chi connectivity index (χ1n) is 10.2. The van der Waals surface area contributed by atoms with Crippen molar-refractivity contribution in [3.8, 4) is 0 Å². The number of piperazine rings is 1. The quantitative estimate of drug-likeness (QED) is 0.811. The number of nitrogens with zero attached hydrogens (tertiary/aromatic N) is 3. The van der Waals surface area contributed by atoms with Crippen molar-refractivity contribution in [3.05, 3.63) is 24.3 Å². The Kier molecular flexibility index (Phi) is 5.87. The SMILES string of the molecule is CC1CCN(C(=O)CN2CCN(C3CCCC3)CC2)c2ccccc2S1. The van der Waals surface area contributed by atoms with Gasteiger partial charge in [-0.15, -0.1) is 11.8 Å². The molecule has 26 heavy (non-hydrogen) atoms. The van der Waals surface area contributed by atoms with Crippen molar-refractivity contribution in [1.82, 2.24) is 9.80 Å². The van der Waals surface area contributed by atoms with Crippen molar-refractivity contribution in [3.63, 3.8) is 0 Å². The fraction of sp³-hybridized carbons (Fsp3) is 0.667. The van der Waals surface area contributed by atoms with E-state index in [0.717, 1.165) is 50.9 Å². The van der Waals surface area contributed by atoms with Crippen LogP contribution in [0.5, 0.6) is 0 Å². The highest BCUT2D eigenvalue weighted by molar-refractivity contribution is 8.00. The largest absolute Gasteiger partial charge is 0.310 e. The molecule has 0 aromatic heterocycles. The number of para-hydroxylation sites is 1. The molecule has 1 unspecified atom stereocenters. The molecule has 1 aromatic carbocycles. The number of amides is 1. The number of hydrogen-bond acceptors (Lipinski definition) is 4. The topological polar surface area (TPSA) is 26.8 Å². The van der Waals surface area contributed by atoms with E-state index in [-0.39, 0.29) is 5.91 Å². The molecule has 2 aliphatic heterocycles. The van der Waals surface area contributed by atoms with Gasteiger partial charge in [0.15, 0.2) is 0 Å². The van der Waals surface area contributed by atoms with Gasteiger partial charge in [-0.1, -0.05) is 31.9 Å². The molecule has 0 spiro atoms. The van der Waals surface area contributed by atoms with Gasteiger partial charge in [0.05, 0.1) is 12.2 Å². The number of carbonyl (C=O) groups is 1. The van der Waals surface area contributed by atoms with E-state index in [2.05, 4.69) is 41.0 Å². The Bertz CT molecular complexity index is 623. The number of thioether (sulfide) groups is 1. The second-order valence-corrected chi connectivity index (χ2v) is 9.46. The van der Waals surface area contributed by atoms with Crippen LogP contribution in [-0.4, -0.2) is 66.3 Å². The van der Waals surface area contributed by atoms with E-state index in [1.54, 1.807) is 0 Å². The summed E-state index contributed by atoms with van der Waals surface area (Å²) < 4.78 is 0. The van der Waals surface area contributed by atoms with E-state index in [4.69, 9.17) is 0 Å². The third-order valence-corrected chi connectivity index (χ3v) is 7.39. The maximum atomic E-state index is 13.1. The first kappa shape index (κ1) is 18.3. The molecule has 5 heteroatoms. The lowest BCUT2D eigenvalue weighted by Crippen LogP contribution is -2.52. The summed E-state index contributed by atoms with van der Waals surface area (Å²) in [6.45, 7) is 7.98. The van der Waals surface area contributed by atoms with Gasteiger partial charge in [-0.25, -0.2) is 0 Å². The van der Waals surface area contributed by atoms with E-state index >= 15 is 0 Å². The number of anilines is 1. The smallest absolute Gasteiger partial charge is 0.241 e. The Balaban J connectivity index is 1.36. The Morgan fingerprint density at radius 3 is 2.54 bits per heavy atom. The third-order valence-electron chi connectivity index (χ3n) is 6.15. The molecule has 0 radical (unpaired) electrons. The standard InChI is InChI=1S/C21H31N3OS/c1-17-10-11-24(19-8-4-5-9-20(19)26-17)21(25)16-22-12-14-23(15-13-22)18-6-2-3-7-18/h4-5,8-9,17-18H,2-3,6-7,10-16H2,1H3. The molecule has 1 amide bonds. The lowest BCUT2D eigenvalue weighted by Gasteiger charge is -2.38. The summed E-state index contributed by atoms with van der Waals surface area (Å²) in [7, 11) is 0. The Morgan fingerprint density at radius 1 is 1.04 bits per heavy atom. The summed E-state index contributed by atoms with van der Waals surface area (Å²) in [6.07, 6.45) is 6.60. The molecule has 4 rings (SSSR count). The zero-order valence-electron chi connectivity index (χ0n) is 15.9. The summed E-state index contributed by atoms with van der Waals surface area (Å²) in [5.74, 6) is 0.265. The summed E-state index contributed by atoms with van der Waals surface area (Å²) in [4.78, 5) is 21.4. The summed E-state index contributed by atoms with van der Waals surface area (Å²) >= 11 is 1.90. The number of rotatable bonds is 3. The molecule has 1 aliphatic carbocycles. The van der Waals surface area contributed by atoms with Gasteiger partial charge in [-0.2, -0.15) is 0 Å². The lowest BCUT2D eigenvalue weighted by molar-refractivity contribution is -0.120. The van der Waals surface area contributed by atoms with Gasteiger partial charge >= 0.3 is 0 Å². The molecular formula is C21H31N3OS. The number of benzene rings is 1.